The van der Waals surface area contributed by atoms with Gasteiger partial charge in [0.25, 0.3) is 5.91 Å². The number of fused-ring (bicyclic) bond motifs is 6. The van der Waals surface area contributed by atoms with Gasteiger partial charge in [-0.25, -0.2) is 10.4 Å². The minimum absolute atomic E-state index is 0.0887. The van der Waals surface area contributed by atoms with E-state index in [-0.39, 0.29) is 48.8 Å². The lowest BCUT2D eigenvalue weighted by molar-refractivity contribution is -0.155. The fourth-order valence-corrected chi connectivity index (χ4v) is 10.5. The van der Waals surface area contributed by atoms with Gasteiger partial charge in [-0.3, -0.25) is 39.0 Å². The summed E-state index contributed by atoms with van der Waals surface area (Å²) in [7, 11) is 5.56. The van der Waals surface area contributed by atoms with Crippen LogP contribution in [0.2, 0.25) is 0 Å². The first-order chi connectivity index (χ1) is 32.2. The number of aryl methyl sites for hydroxylation is 1. The molecule has 368 valence electrons. The van der Waals surface area contributed by atoms with Crippen molar-refractivity contribution in [3.05, 3.63) is 70.3 Å². The Hall–Kier alpha value is -5.04. The summed E-state index contributed by atoms with van der Waals surface area (Å²) in [5, 5.41) is 18.4. The molecule has 4 atom stereocenters. The summed E-state index contributed by atoms with van der Waals surface area (Å²) in [6.07, 6.45) is 6.25. The molecule has 6 heterocycles. The molecule has 3 aromatic heterocycles. The minimum Gasteiger partial charge on any atom is -0.464 e. The van der Waals surface area contributed by atoms with Crippen molar-refractivity contribution >= 4 is 45.9 Å². The third-order valence-corrected chi connectivity index (χ3v) is 14.3. The molecule has 0 radical (unpaired) electrons. The Morgan fingerprint density at radius 3 is 2.60 bits per heavy atom. The highest BCUT2D eigenvalue weighted by atomic mass is 32.1. The van der Waals surface area contributed by atoms with E-state index in [2.05, 4.69) is 65.2 Å². The van der Waals surface area contributed by atoms with Crippen LogP contribution in [-0.2, 0) is 48.0 Å². The van der Waals surface area contributed by atoms with Crippen molar-refractivity contribution in [1.82, 2.24) is 45.0 Å². The van der Waals surface area contributed by atoms with Crippen LogP contribution in [0, 0.1) is 11.3 Å². The van der Waals surface area contributed by atoms with Gasteiger partial charge in [0.15, 0.2) is 0 Å². The Morgan fingerprint density at radius 2 is 1.91 bits per heavy atom. The average Bonchev–Trinajstić information content (AvgIpc) is 3.87. The first-order valence-corrected chi connectivity index (χ1v) is 24.8. The summed E-state index contributed by atoms with van der Waals surface area (Å²) < 4.78 is 14.3. The average molecular weight is 954 g/mol. The molecule has 68 heavy (non-hydrogen) atoms. The molecule has 2 saturated heterocycles. The molecule has 4 aromatic rings. The van der Waals surface area contributed by atoms with Crippen LogP contribution in [0.15, 0.2) is 54.1 Å². The van der Waals surface area contributed by atoms with Crippen LogP contribution in [-0.4, -0.2) is 147 Å². The summed E-state index contributed by atoms with van der Waals surface area (Å²) in [5.41, 5.74) is 8.36. The Bertz CT molecular complexity index is 2500. The summed E-state index contributed by atoms with van der Waals surface area (Å²) in [6.45, 7) is 18.3. The summed E-state index contributed by atoms with van der Waals surface area (Å²) in [5.74, 6) is -1.35. The molecule has 0 aliphatic carbocycles. The van der Waals surface area contributed by atoms with E-state index in [4.69, 9.17) is 19.4 Å². The second kappa shape index (κ2) is 20.9. The predicted octanol–water partition coefficient (Wildman–Crippen LogP) is 5.59. The van der Waals surface area contributed by atoms with Crippen molar-refractivity contribution in [1.29, 1.82) is 0 Å². The number of carbonyl (C=O) groups is 4. The van der Waals surface area contributed by atoms with E-state index in [0.717, 1.165) is 44.7 Å². The van der Waals surface area contributed by atoms with Crippen LogP contribution >= 0.6 is 11.3 Å². The minimum atomic E-state index is -1.08. The van der Waals surface area contributed by atoms with Crippen molar-refractivity contribution in [2.75, 3.05) is 54.1 Å². The first-order valence-electron chi connectivity index (χ1n) is 23.9. The standard InChI is InChI=1S/C51H71N9O7S/c1-12-59-41-18-17-33-23-36(41)37(46(59)35-15-13-21-52-44(35)32(4)66-11)25-50(5,6)29-67-49(64)38-16-14-22-60(55-38)48(63)39(24-42-53-40(33)28-68-42)54-47(62)45(31(2)3)57(10)30-56(9)34-26-58(27-34)43(61)19-20-51(7,8)65/h13,15,17-21,23,28,31-32,34,38-39,45,55,65H,12,14,16,22,24-27,29-30H2,1-11H3,(H,54,62)/b20-19+/t32-,38-,39-,45?/m0/s1. The predicted molar refractivity (Wildman–Crippen MR) is 264 cm³/mol. The molecule has 3 amide bonds. The number of cyclic esters (lactones) is 1. The number of benzene rings is 1. The highest BCUT2D eigenvalue weighted by Gasteiger charge is 2.39. The Balaban J connectivity index is 1.20. The highest BCUT2D eigenvalue weighted by molar-refractivity contribution is 7.10. The van der Waals surface area contributed by atoms with Crippen molar-refractivity contribution in [3.63, 3.8) is 0 Å². The van der Waals surface area contributed by atoms with Gasteiger partial charge in [-0.1, -0.05) is 33.8 Å². The van der Waals surface area contributed by atoms with E-state index in [0.29, 0.717) is 57.1 Å². The number of nitrogens with zero attached hydrogens (tertiary/aromatic N) is 7. The molecule has 16 nitrogen and oxygen atoms in total. The fourth-order valence-electron chi connectivity index (χ4n) is 9.68. The number of aromatic nitrogens is 3. The van der Waals surface area contributed by atoms with Crippen molar-refractivity contribution in [2.45, 2.75) is 123 Å². The normalized spacial score (nSPS) is 20.5. The van der Waals surface area contributed by atoms with E-state index in [1.54, 1.807) is 32.1 Å². The van der Waals surface area contributed by atoms with Crippen molar-refractivity contribution in [3.8, 4) is 22.5 Å². The zero-order valence-electron chi connectivity index (χ0n) is 41.7. The topological polar surface area (TPSA) is 175 Å². The first kappa shape index (κ1) is 50.8. The molecule has 6 bridgehead atoms. The van der Waals surface area contributed by atoms with Crippen LogP contribution in [0.3, 0.4) is 0 Å². The fraction of sp³-hybridized carbons (Fsp3) is 0.569. The smallest absolute Gasteiger partial charge is 0.324 e. The lowest BCUT2D eigenvalue weighted by atomic mass is 9.84. The number of hydrazine groups is 1. The third-order valence-electron chi connectivity index (χ3n) is 13.4. The maximum atomic E-state index is 14.7. The Labute approximate surface area is 405 Å². The summed E-state index contributed by atoms with van der Waals surface area (Å²) in [4.78, 5) is 71.6. The number of hydrogen-bond donors (Lipinski definition) is 3. The number of rotatable bonds is 13. The number of carbonyl (C=O) groups excluding carboxylic acids is 4. The second-order valence-electron chi connectivity index (χ2n) is 20.5. The van der Waals surface area contributed by atoms with Crippen LogP contribution in [0.5, 0.6) is 0 Å². The lowest BCUT2D eigenvalue weighted by Gasteiger charge is -2.45. The Kier molecular flexibility index (Phi) is 15.6. The molecule has 3 aliphatic heterocycles. The molecule has 3 N–H and O–H groups in total. The van der Waals surface area contributed by atoms with Gasteiger partial charge in [0, 0.05) is 90.8 Å². The number of thiazole rings is 1. The third kappa shape index (κ3) is 11.3. The van der Waals surface area contributed by atoms with Gasteiger partial charge >= 0.3 is 5.97 Å². The molecule has 3 aliphatic rings. The summed E-state index contributed by atoms with van der Waals surface area (Å²) in [6, 6.07) is 8.24. The zero-order chi connectivity index (χ0) is 49.2. The lowest BCUT2D eigenvalue weighted by Crippen LogP contribution is -2.63. The van der Waals surface area contributed by atoms with Crippen LogP contribution in [0.4, 0.5) is 0 Å². The van der Waals surface area contributed by atoms with E-state index < -0.39 is 35.1 Å². The zero-order valence-corrected chi connectivity index (χ0v) is 42.5. The highest BCUT2D eigenvalue weighted by Crippen LogP contribution is 2.42. The van der Waals surface area contributed by atoms with Crippen molar-refractivity contribution in [2.24, 2.45) is 11.3 Å². The number of esters is 1. The van der Waals surface area contributed by atoms with Gasteiger partial charge in [0.1, 0.15) is 12.1 Å². The van der Waals surface area contributed by atoms with E-state index >= 15 is 0 Å². The number of likely N-dealkylation sites (N-methyl/N-ethyl adjacent to an activating group) is 2. The van der Waals surface area contributed by atoms with Crippen LogP contribution in [0.1, 0.15) is 90.6 Å². The molecule has 17 heteroatoms. The molecule has 7 rings (SSSR count). The monoisotopic (exact) mass is 954 g/mol. The number of methoxy groups -OCH3 is 1. The second-order valence-corrected chi connectivity index (χ2v) is 21.4. The van der Waals surface area contributed by atoms with Gasteiger partial charge in [-0.2, -0.15) is 0 Å². The number of likely N-dealkylation sites (tertiary alicyclic amines) is 1. The van der Waals surface area contributed by atoms with Crippen LogP contribution < -0.4 is 10.7 Å². The molecule has 1 aromatic carbocycles. The maximum Gasteiger partial charge on any atom is 0.324 e. The molecule has 0 spiro atoms. The molecular formula is C51H71N9O7S. The number of hydrogen-bond acceptors (Lipinski definition) is 13. The van der Waals surface area contributed by atoms with Gasteiger partial charge in [0.05, 0.1) is 53.1 Å². The van der Waals surface area contributed by atoms with E-state index in [1.165, 1.54) is 28.5 Å². The molecular weight excluding hydrogens is 883 g/mol. The van der Waals surface area contributed by atoms with Crippen LogP contribution in [0.25, 0.3) is 33.4 Å². The molecule has 1 unspecified atom stereocenters. The largest absolute Gasteiger partial charge is 0.464 e. The van der Waals surface area contributed by atoms with Gasteiger partial charge in [0.2, 0.25) is 11.8 Å². The molecule has 0 saturated carbocycles. The number of pyridine rings is 1. The number of aliphatic hydroxyl groups is 1. The number of amides is 3. The van der Waals surface area contributed by atoms with Gasteiger partial charge in [-0.15, -0.1) is 11.3 Å². The van der Waals surface area contributed by atoms with Gasteiger partial charge in [-0.05, 0) is 103 Å². The van der Waals surface area contributed by atoms with Crippen molar-refractivity contribution < 1.29 is 33.8 Å². The van der Waals surface area contributed by atoms with E-state index in [9.17, 15) is 24.3 Å². The quantitative estimate of drug-likeness (QED) is 0.0864. The van der Waals surface area contributed by atoms with Gasteiger partial charge < -0.3 is 29.4 Å². The molecule has 2 fully saturated rings. The van der Waals surface area contributed by atoms with E-state index in [1.807, 2.05) is 51.2 Å². The number of ether oxygens (including phenoxy) is 2. The number of nitrogens with one attached hydrogen (secondary N) is 2. The maximum absolute atomic E-state index is 14.7. The Morgan fingerprint density at radius 1 is 1.16 bits per heavy atom. The summed E-state index contributed by atoms with van der Waals surface area (Å²) >= 11 is 1.45. The SMILES string of the molecule is CCn1c(-c2cccnc2[C@H](C)OC)c2c3cc(ccc31)-c1csc(n1)C[C@H](NC(=O)C(C(C)C)N(C)CN(C)C1CN(C(=O)/C=C/C(C)(C)O)C1)C(=O)N1CCC[C@H](N1)C(=O)OCC(C)(C)C2.